The molecule has 0 amide bonds. The van der Waals surface area contributed by atoms with Gasteiger partial charge in [0.05, 0.1) is 33.6 Å². The molecule has 0 spiro atoms. The third kappa shape index (κ3) is 2.46. The van der Waals surface area contributed by atoms with E-state index in [0.29, 0.717) is 22.4 Å². The van der Waals surface area contributed by atoms with Crippen molar-refractivity contribution in [2.45, 2.75) is 26.3 Å². The Morgan fingerprint density at radius 3 is 2.76 bits per heavy atom. The lowest BCUT2D eigenvalue weighted by atomic mass is 10.2. The molecule has 0 aliphatic carbocycles. The fraction of sp³-hybridized carbons (Fsp3) is 0.286. The van der Waals surface area contributed by atoms with Gasteiger partial charge in [-0.15, -0.1) is 11.6 Å². The first-order valence-electron chi connectivity index (χ1n) is 6.33. The van der Waals surface area contributed by atoms with E-state index in [1.807, 2.05) is 18.4 Å². The van der Waals surface area contributed by atoms with Gasteiger partial charge in [0.25, 0.3) is 0 Å². The van der Waals surface area contributed by atoms with Crippen molar-refractivity contribution in [3.63, 3.8) is 0 Å². The summed E-state index contributed by atoms with van der Waals surface area (Å²) < 4.78 is 21.2. The van der Waals surface area contributed by atoms with Crippen molar-refractivity contribution in [1.82, 2.24) is 14.7 Å². The van der Waals surface area contributed by atoms with Gasteiger partial charge in [-0.1, -0.05) is 5.16 Å². The van der Waals surface area contributed by atoms with E-state index in [9.17, 15) is 4.39 Å². The summed E-state index contributed by atoms with van der Waals surface area (Å²) in [7, 11) is 0. The molecule has 0 saturated carbocycles. The minimum Gasteiger partial charge on any atom is -0.361 e. The maximum absolute atomic E-state index is 13.6. The zero-order valence-electron chi connectivity index (χ0n) is 11.5. The Bertz CT molecular complexity index is 808. The van der Waals surface area contributed by atoms with Crippen LogP contribution in [0.3, 0.4) is 0 Å². The molecule has 1 aromatic carbocycles. The summed E-state index contributed by atoms with van der Waals surface area (Å²) in [6.45, 7) is 4.29. The molecule has 4 nitrogen and oxygen atoms in total. The fourth-order valence-electron chi connectivity index (χ4n) is 2.33. The fourth-order valence-corrected chi connectivity index (χ4v) is 2.87. The number of fused-ring (bicyclic) bond motifs is 1. The van der Waals surface area contributed by atoms with Crippen LogP contribution in [0.25, 0.3) is 11.0 Å². The van der Waals surface area contributed by atoms with E-state index in [2.05, 4.69) is 26.1 Å². The van der Waals surface area contributed by atoms with E-state index in [1.54, 1.807) is 6.07 Å². The molecule has 2 aromatic heterocycles. The summed E-state index contributed by atoms with van der Waals surface area (Å²) >= 11 is 9.18. The summed E-state index contributed by atoms with van der Waals surface area (Å²) in [5.74, 6) is 1.35. The van der Waals surface area contributed by atoms with Crippen molar-refractivity contribution in [2.75, 3.05) is 0 Å². The van der Waals surface area contributed by atoms with Crippen molar-refractivity contribution in [2.24, 2.45) is 0 Å². The van der Waals surface area contributed by atoms with Crippen LogP contribution in [-0.4, -0.2) is 14.7 Å². The van der Waals surface area contributed by atoms with Crippen LogP contribution in [0.5, 0.6) is 0 Å². The number of aromatic nitrogens is 3. The molecule has 21 heavy (non-hydrogen) atoms. The molecule has 3 rings (SSSR count). The Labute approximate surface area is 134 Å². The van der Waals surface area contributed by atoms with Crippen LogP contribution in [0.1, 0.15) is 22.8 Å². The second kappa shape index (κ2) is 5.42. The van der Waals surface area contributed by atoms with E-state index in [-0.39, 0.29) is 11.7 Å². The van der Waals surface area contributed by atoms with Gasteiger partial charge in [-0.3, -0.25) is 0 Å². The molecule has 0 atom stereocenters. The average molecular weight is 373 g/mol. The molecule has 0 saturated heterocycles. The van der Waals surface area contributed by atoms with Crippen LogP contribution in [0.2, 0.25) is 0 Å². The van der Waals surface area contributed by atoms with Gasteiger partial charge in [-0.2, -0.15) is 0 Å². The van der Waals surface area contributed by atoms with Gasteiger partial charge in [0.1, 0.15) is 17.4 Å². The quantitative estimate of drug-likeness (QED) is 0.643. The van der Waals surface area contributed by atoms with E-state index >= 15 is 0 Å². The monoisotopic (exact) mass is 371 g/mol. The molecule has 110 valence electrons. The number of benzene rings is 1. The number of alkyl halides is 1. The van der Waals surface area contributed by atoms with Gasteiger partial charge in [0.15, 0.2) is 0 Å². The van der Waals surface area contributed by atoms with Crippen molar-refractivity contribution in [1.29, 1.82) is 0 Å². The predicted octanol–water partition coefficient (Wildman–Crippen LogP) is 4.33. The molecule has 3 aromatic rings. The molecule has 0 bridgehead atoms. The normalized spacial score (nSPS) is 11.5. The largest absolute Gasteiger partial charge is 0.361 e. The van der Waals surface area contributed by atoms with E-state index in [1.165, 1.54) is 6.07 Å². The average Bonchev–Trinajstić information content (AvgIpc) is 2.94. The van der Waals surface area contributed by atoms with E-state index in [4.69, 9.17) is 16.1 Å². The lowest BCUT2D eigenvalue weighted by Crippen LogP contribution is -2.05. The Morgan fingerprint density at radius 1 is 1.38 bits per heavy atom. The molecule has 2 heterocycles. The van der Waals surface area contributed by atoms with Crippen molar-refractivity contribution < 1.29 is 8.91 Å². The standard InChI is InChI=1S/C14H12BrClFN3O/c1-7-9(8(2)21-19-7)6-20-13-3-10(15)11(17)4-12(13)18-14(20)5-16/h3-4H,5-6H2,1-2H3. The molecule has 0 unspecified atom stereocenters. The minimum absolute atomic E-state index is 0.247. The maximum atomic E-state index is 13.6. The first-order chi connectivity index (χ1) is 10.0. The summed E-state index contributed by atoms with van der Waals surface area (Å²) in [5, 5.41) is 3.95. The highest BCUT2D eigenvalue weighted by Gasteiger charge is 2.16. The molecule has 0 radical (unpaired) electrons. The smallest absolute Gasteiger partial charge is 0.139 e. The molecular weight excluding hydrogens is 361 g/mol. The molecule has 0 aliphatic rings. The van der Waals surface area contributed by atoms with Gasteiger partial charge in [0, 0.05) is 11.6 Å². The summed E-state index contributed by atoms with van der Waals surface area (Å²) in [5.41, 5.74) is 3.22. The van der Waals surface area contributed by atoms with Crippen LogP contribution in [0.4, 0.5) is 4.39 Å². The predicted molar refractivity (Wildman–Crippen MR) is 82.0 cm³/mol. The SMILES string of the molecule is Cc1noc(C)c1Cn1c(CCl)nc2cc(F)c(Br)cc21. The van der Waals surface area contributed by atoms with E-state index < -0.39 is 0 Å². The zero-order valence-corrected chi connectivity index (χ0v) is 13.8. The summed E-state index contributed by atoms with van der Waals surface area (Å²) in [6, 6.07) is 3.12. The van der Waals surface area contributed by atoms with Crippen LogP contribution in [0, 0.1) is 19.7 Å². The number of nitrogens with zero attached hydrogens (tertiary/aromatic N) is 3. The van der Waals surface area contributed by atoms with Crippen LogP contribution in [-0.2, 0) is 12.4 Å². The Balaban J connectivity index is 2.18. The Kier molecular flexibility index (Phi) is 3.75. The molecule has 0 aliphatic heterocycles. The second-order valence-electron chi connectivity index (χ2n) is 4.81. The first kappa shape index (κ1) is 14.5. The van der Waals surface area contributed by atoms with Crippen molar-refractivity contribution in [3.8, 4) is 0 Å². The lowest BCUT2D eigenvalue weighted by Gasteiger charge is -2.07. The lowest BCUT2D eigenvalue weighted by molar-refractivity contribution is 0.392. The Morgan fingerprint density at radius 2 is 2.14 bits per heavy atom. The zero-order chi connectivity index (χ0) is 15.1. The van der Waals surface area contributed by atoms with Gasteiger partial charge in [-0.05, 0) is 35.8 Å². The van der Waals surface area contributed by atoms with E-state index in [0.717, 1.165) is 22.5 Å². The number of halogens is 3. The summed E-state index contributed by atoms with van der Waals surface area (Å²) in [6.07, 6.45) is 0. The molecular formula is C14H12BrClFN3O. The highest BCUT2D eigenvalue weighted by atomic mass is 79.9. The minimum atomic E-state index is -0.342. The summed E-state index contributed by atoms with van der Waals surface area (Å²) in [4.78, 5) is 4.39. The third-order valence-corrected chi connectivity index (χ3v) is 4.33. The number of hydrogen-bond acceptors (Lipinski definition) is 3. The topological polar surface area (TPSA) is 43.9 Å². The first-order valence-corrected chi connectivity index (χ1v) is 7.66. The van der Waals surface area contributed by atoms with Gasteiger partial charge in [-0.25, -0.2) is 9.37 Å². The van der Waals surface area contributed by atoms with Gasteiger partial charge >= 0.3 is 0 Å². The number of aryl methyl sites for hydroxylation is 2. The number of imidazole rings is 1. The van der Waals surface area contributed by atoms with Crippen molar-refractivity contribution in [3.05, 3.63) is 45.3 Å². The van der Waals surface area contributed by atoms with Gasteiger partial charge in [0.2, 0.25) is 0 Å². The van der Waals surface area contributed by atoms with Crippen LogP contribution in [0.15, 0.2) is 21.1 Å². The Hall–Kier alpha value is -1.40. The molecule has 0 fully saturated rings. The van der Waals surface area contributed by atoms with Crippen molar-refractivity contribution >= 4 is 38.6 Å². The van der Waals surface area contributed by atoms with Crippen LogP contribution >= 0.6 is 27.5 Å². The number of hydrogen-bond donors (Lipinski definition) is 0. The molecule has 7 heteroatoms. The highest BCUT2D eigenvalue weighted by molar-refractivity contribution is 9.10. The highest BCUT2D eigenvalue weighted by Crippen LogP contribution is 2.26. The second-order valence-corrected chi connectivity index (χ2v) is 5.93. The molecule has 0 N–H and O–H groups in total. The third-order valence-electron chi connectivity index (χ3n) is 3.49. The maximum Gasteiger partial charge on any atom is 0.139 e. The van der Waals surface area contributed by atoms with Crippen LogP contribution < -0.4 is 0 Å². The number of rotatable bonds is 3. The van der Waals surface area contributed by atoms with Gasteiger partial charge < -0.3 is 9.09 Å².